The molecule has 172 valence electrons. The minimum absolute atomic E-state index is 0.265. The van der Waals surface area contributed by atoms with E-state index in [1.165, 1.54) is 5.56 Å². The van der Waals surface area contributed by atoms with E-state index in [0.717, 1.165) is 10.9 Å². The molecule has 0 aromatic heterocycles. The molecule has 0 radical (unpaired) electrons. The van der Waals surface area contributed by atoms with Crippen molar-refractivity contribution in [2.45, 2.75) is 38.5 Å². The van der Waals surface area contributed by atoms with Crippen molar-refractivity contribution in [2.24, 2.45) is 0 Å². The van der Waals surface area contributed by atoms with Crippen LogP contribution in [0.4, 0.5) is 5.69 Å². The standard InChI is InChI=1S/C25H28N3O3PS/c1-3-20(25(29)27-23-12-11-19(16-26)15-24(23)32)10-6-7-18(2)33(30,31)28-14-13-21-8-4-5-9-22(21)17-28/h3-9,11-12,15,18H,10,13-14,17,32H2,1-2H3,(H,27,29)/b7-6-,20-3+. The number of nitriles is 1. The zero-order valence-electron chi connectivity index (χ0n) is 18.8. The van der Waals surface area contributed by atoms with Crippen molar-refractivity contribution < 1.29 is 13.2 Å². The van der Waals surface area contributed by atoms with Crippen LogP contribution in [0.15, 0.2) is 66.3 Å². The fourth-order valence-corrected chi connectivity index (χ4v) is 5.49. The van der Waals surface area contributed by atoms with Gasteiger partial charge in [-0.3, -0.25) is 4.79 Å². The van der Waals surface area contributed by atoms with Crippen molar-refractivity contribution in [3.63, 3.8) is 0 Å². The molecular formula is C25H28N3O3PS. The minimum Gasteiger partial charge on any atom is -0.322 e. The van der Waals surface area contributed by atoms with Gasteiger partial charge >= 0.3 is 0 Å². The van der Waals surface area contributed by atoms with E-state index >= 15 is 0 Å². The number of fused-ring (bicyclic) bond motifs is 1. The Bertz CT molecular complexity index is 1250. The first kappa shape index (κ1) is 24.9. The number of hydrogen-bond donors (Lipinski definition) is 1. The van der Waals surface area contributed by atoms with Gasteiger partial charge in [-0.25, -0.2) is 8.42 Å². The zero-order valence-corrected chi connectivity index (χ0v) is 20.8. The predicted molar refractivity (Wildman–Crippen MR) is 136 cm³/mol. The summed E-state index contributed by atoms with van der Waals surface area (Å²) in [7, 11) is -0.983. The molecule has 1 heterocycles. The first-order chi connectivity index (χ1) is 15.8. The Balaban J connectivity index is 1.61. The zero-order chi connectivity index (χ0) is 24.0. The summed E-state index contributed by atoms with van der Waals surface area (Å²) in [4.78, 5) is 12.7. The van der Waals surface area contributed by atoms with E-state index in [9.17, 15) is 13.2 Å². The van der Waals surface area contributed by atoms with Gasteiger partial charge in [-0.15, -0.1) is 9.24 Å². The van der Waals surface area contributed by atoms with E-state index in [2.05, 4.69) is 20.6 Å². The van der Waals surface area contributed by atoms with Crippen LogP contribution in [0.25, 0.3) is 0 Å². The molecule has 0 fully saturated rings. The Morgan fingerprint density at radius 3 is 2.67 bits per heavy atom. The number of nitrogens with one attached hydrogen (secondary N) is 1. The molecule has 1 aliphatic rings. The SMILES string of the molecule is C/C=C(\C/C=C\C(C)S(=O)(=O)N1CCc2ccccc2C1)C(=O)Nc1ccc(C#N)cc1P. The number of hydrogen-bond acceptors (Lipinski definition) is 4. The van der Waals surface area contributed by atoms with Crippen LogP contribution in [0.3, 0.4) is 0 Å². The fourth-order valence-electron chi connectivity index (χ4n) is 3.70. The smallest absolute Gasteiger partial charge is 0.251 e. The Morgan fingerprint density at radius 1 is 1.27 bits per heavy atom. The van der Waals surface area contributed by atoms with Gasteiger partial charge in [0, 0.05) is 24.4 Å². The maximum atomic E-state index is 13.1. The van der Waals surface area contributed by atoms with E-state index in [4.69, 9.17) is 5.26 Å². The van der Waals surface area contributed by atoms with Gasteiger partial charge in [0.05, 0.1) is 16.9 Å². The largest absolute Gasteiger partial charge is 0.322 e. The average Bonchev–Trinajstić information content (AvgIpc) is 2.82. The van der Waals surface area contributed by atoms with E-state index in [1.54, 1.807) is 54.6 Å². The number of rotatable bonds is 7. The lowest BCUT2D eigenvalue weighted by atomic mass is 10.0. The molecule has 1 amide bonds. The van der Waals surface area contributed by atoms with Gasteiger partial charge in [0.2, 0.25) is 10.0 Å². The Labute approximate surface area is 198 Å². The second-order valence-corrected chi connectivity index (χ2v) is 10.8. The van der Waals surface area contributed by atoms with Gasteiger partial charge in [0.25, 0.3) is 5.91 Å². The second-order valence-electron chi connectivity index (χ2n) is 7.92. The normalized spacial score (nSPS) is 15.6. The van der Waals surface area contributed by atoms with Gasteiger partial charge in [-0.05, 0) is 61.3 Å². The first-order valence-corrected chi connectivity index (χ1v) is 12.8. The van der Waals surface area contributed by atoms with Gasteiger partial charge in [-0.2, -0.15) is 9.57 Å². The quantitative estimate of drug-likeness (QED) is 0.371. The van der Waals surface area contributed by atoms with Gasteiger partial charge in [0.1, 0.15) is 0 Å². The molecule has 0 spiro atoms. The molecule has 2 atom stereocenters. The van der Waals surface area contributed by atoms with Crippen molar-refractivity contribution in [1.82, 2.24) is 4.31 Å². The molecule has 8 heteroatoms. The fraction of sp³-hybridized carbons (Fsp3) is 0.280. The summed E-state index contributed by atoms with van der Waals surface area (Å²) in [5, 5.41) is 11.8. The number of allylic oxidation sites excluding steroid dienone is 2. The van der Waals surface area contributed by atoms with Crippen LogP contribution in [0.5, 0.6) is 0 Å². The molecule has 6 nitrogen and oxygen atoms in total. The molecule has 0 bridgehead atoms. The molecule has 0 aliphatic carbocycles. The molecule has 2 unspecified atom stereocenters. The number of nitrogens with zero attached hydrogens (tertiary/aromatic N) is 2. The molecule has 0 saturated heterocycles. The highest BCUT2D eigenvalue weighted by molar-refractivity contribution is 7.89. The van der Waals surface area contributed by atoms with E-state index in [1.807, 2.05) is 24.3 Å². The Hall–Kier alpha value is -2.78. The molecule has 1 aliphatic heterocycles. The molecular weight excluding hydrogens is 453 g/mol. The summed E-state index contributed by atoms with van der Waals surface area (Å²) in [6, 6.07) is 15.0. The molecule has 2 aromatic carbocycles. The maximum Gasteiger partial charge on any atom is 0.251 e. The van der Waals surface area contributed by atoms with Crippen LogP contribution in [0, 0.1) is 11.3 Å². The van der Waals surface area contributed by atoms with Crippen LogP contribution in [-0.4, -0.2) is 30.4 Å². The summed E-state index contributed by atoms with van der Waals surface area (Å²) < 4.78 is 27.7. The van der Waals surface area contributed by atoms with Crippen molar-refractivity contribution in [1.29, 1.82) is 5.26 Å². The summed E-state index contributed by atoms with van der Waals surface area (Å²) in [6.45, 7) is 4.30. The van der Waals surface area contributed by atoms with Crippen molar-refractivity contribution >= 4 is 36.2 Å². The van der Waals surface area contributed by atoms with E-state index in [-0.39, 0.29) is 5.91 Å². The third-order valence-electron chi connectivity index (χ3n) is 5.74. The monoisotopic (exact) mass is 481 g/mol. The highest BCUT2D eigenvalue weighted by Crippen LogP contribution is 2.23. The predicted octanol–water partition coefficient (Wildman–Crippen LogP) is 3.67. The highest BCUT2D eigenvalue weighted by Gasteiger charge is 2.30. The van der Waals surface area contributed by atoms with E-state index in [0.29, 0.717) is 42.8 Å². The molecule has 0 saturated carbocycles. The minimum atomic E-state index is -3.49. The van der Waals surface area contributed by atoms with Gasteiger partial charge in [0.15, 0.2) is 0 Å². The third kappa shape index (κ3) is 5.97. The first-order valence-electron chi connectivity index (χ1n) is 10.7. The summed E-state index contributed by atoms with van der Waals surface area (Å²) in [5.74, 6) is -0.265. The van der Waals surface area contributed by atoms with Crippen molar-refractivity contribution in [3.8, 4) is 6.07 Å². The van der Waals surface area contributed by atoms with E-state index < -0.39 is 15.3 Å². The highest BCUT2D eigenvalue weighted by atomic mass is 32.2. The molecule has 1 N–H and O–H groups in total. The third-order valence-corrected chi connectivity index (χ3v) is 8.35. The second kappa shape index (κ2) is 10.9. The van der Waals surface area contributed by atoms with Gasteiger partial charge < -0.3 is 5.32 Å². The number of anilines is 1. The average molecular weight is 482 g/mol. The van der Waals surface area contributed by atoms with Crippen LogP contribution < -0.4 is 10.6 Å². The molecule has 2 aromatic rings. The molecule has 33 heavy (non-hydrogen) atoms. The number of carbonyl (C=O) groups is 1. The number of benzene rings is 2. The van der Waals surface area contributed by atoms with Crippen LogP contribution in [-0.2, 0) is 27.8 Å². The topological polar surface area (TPSA) is 90.3 Å². The summed E-state index contributed by atoms with van der Waals surface area (Å²) in [5.41, 5.74) is 3.89. The Kier molecular flexibility index (Phi) is 8.20. The number of sulfonamides is 1. The maximum absolute atomic E-state index is 13.1. The van der Waals surface area contributed by atoms with Crippen molar-refractivity contribution in [3.05, 3.63) is 83.0 Å². The lowest BCUT2D eigenvalue weighted by molar-refractivity contribution is -0.112. The number of carbonyl (C=O) groups excluding carboxylic acids is 1. The summed E-state index contributed by atoms with van der Waals surface area (Å²) >= 11 is 0. The van der Waals surface area contributed by atoms with Crippen molar-refractivity contribution in [2.75, 3.05) is 11.9 Å². The Morgan fingerprint density at radius 2 is 2.00 bits per heavy atom. The van der Waals surface area contributed by atoms with Crippen LogP contribution >= 0.6 is 9.24 Å². The summed E-state index contributed by atoms with van der Waals surface area (Å²) in [6.07, 6.45) is 6.12. The lowest BCUT2D eigenvalue weighted by Gasteiger charge is -2.29. The molecule has 3 rings (SSSR count). The van der Waals surface area contributed by atoms with Crippen LogP contribution in [0.2, 0.25) is 0 Å². The van der Waals surface area contributed by atoms with Crippen LogP contribution in [0.1, 0.15) is 37.0 Å². The number of amides is 1. The van der Waals surface area contributed by atoms with Gasteiger partial charge in [-0.1, -0.05) is 42.5 Å². The lowest BCUT2D eigenvalue weighted by Crippen LogP contribution is -2.40.